The third kappa shape index (κ3) is 5.71. The Morgan fingerprint density at radius 3 is 2.57 bits per heavy atom. The van der Waals surface area contributed by atoms with Crippen LogP contribution in [0.5, 0.6) is 5.75 Å². The maximum atomic E-state index is 13.2. The number of piperazine rings is 1. The third-order valence-electron chi connectivity index (χ3n) is 5.09. The highest BCUT2D eigenvalue weighted by molar-refractivity contribution is 6.30. The summed E-state index contributed by atoms with van der Waals surface area (Å²) in [6.07, 6.45) is 0.958. The molecule has 0 radical (unpaired) electrons. The van der Waals surface area contributed by atoms with Crippen molar-refractivity contribution in [3.8, 4) is 5.75 Å². The molecule has 2 aromatic carbocycles. The summed E-state index contributed by atoms with van der Waals surface area (Å²) in [6, 6.07) is 12.8. The number of aliphatic hydroxyl groups excluding tert-OH is 1. The number of aliphatic hydroxyl groups is 1. The van der Waals surface area contributed by atoms with Crippen molar-refractivity contribution in [2.24, 2.45) is 0 Å². The molecule has 2 atom stereocenters. The van der Waals surface area contributed by atoms with Gasteiger partial charge in [-0.05, 0) is 48.4 Å². The Balaban J connectivity index is 1.75. The number of ether oxygens (including phenoxy) is 1. The second kappa shape index (κ2) is 10.4. The lowest BCUT2D eigenvalue weighted by Gasteiger charge is -2.42. The van der Waals surface area contributed by atoms with Gasteiger partial charge in [0.2, 0.25) is 0 Å². The molecule has 0 aliphatic carbocycles. The Bertz CT molecular complexity index is 898. The normalized spacial score (nSPS) is 18.0. The topological polar surface area (TPSA) is 53.0 Å². The van der Waals surface area contributed by atoms with Crippen molar-refractivity contribution in [1.82, 2.24) is 9.80 Å². The molecule has 2 unspecified atom stereocenters. The molecule has 0 spiro atoms. The van der Waals surface area contributed by atoms with Crippen molar-refractivity contribution >= 4 is 17.5 Å². The van der Waals surface area contributed by atoms with E-state index >= 15 is 0 Å². The van der Waals surface area contributed by atoms with Gasteiger partial charge in [0.1, 0.15) is 29.9 Å². The number of hydrogen-bond acceptors (Lipinski definition) is 5. The number of rotatable bonds is 8. The molecule has 2 aromatic rings. The highest BCUT2D eigenvalue weighted by Crippen LogP contribution is 2.26. The highest BCUT2D eigenvalue weighted by Gasteiger charge is 2.34. The van der Waals surface area contributed by atoms with Crippen LogP contribution < -0.4 is 4.74 Å². The molecule has 1 heterocycles. The van der Waals surface area contributed by atoms with Crippen molar-refractivity contribution < 1.29 is 19.0 Å². The largest absolute Gasteiger partial charge is 0.478 e. The summed E-state index contributed by atoms with van der Waals surface area (Å²) < 4.78 is 19.1. The van der Waals surface area contributed by atoms with Crippen LogP contribution in [0, 0.1) is 5.82 Å². The molecule has 1 aliphatic rings. The first-order valence-corrected chi connectivity index (χ1v) is 10.1. The molecule has 0 saturated carbocycles. The van der Waals surface area contributed by atoms with E-state index in [-0.39, 0.29) is 19.0 Å². The minimum Gasteiger partial charge on any atom is -0.478 e. The monoisotopic (exact) mass is 430 g/mol. The first-order valence-electron chi connectivity index (χ1n) is 9.67. The van der Waals surface area contributed by atoms with E-state index in [1.54, 1.807) is 36.4 Å². The van der Waals surface area contributed by atoms with Crippen LogP contribution in [0.15, 0.2) is 66.9 Å². The molecule has 1 saturated heterocycles. The fourth-order valence-electron chi connectivity index (χ4n) is 3.44. The average molecular weight is 431 g/mol. The van der Waals surface area contributed by atoms with Crippen LogP contribution in [0.2, 0.25) is 5.02 Å². The molecule has 0 amide bonds. The first kappa shape index (κ1) is 22.1. The lowest BCUT2D eigenvalue weighted by molar-refractivity contribution is 0.0302. The Hall–Kier alpha value is -2.63. The Morgan fingerprint density at radius 1 is 1.23 bits per heavy atom. The summed E-state index contributed by atoms with van der Waals surface area (Å²) in [5, 5.41) is 10.8. The second-order valence-electron chi connectivity index (χ2n) is 7.13. The first-order chi connectivity index (χ1) is 14.5. The Kier molecular flexibility index (Phi) is 7.66. The predicted molar refractivity (Wildman–Crippen MR) is 114 cm³/mol. The van der Waals surface area contributed by atoms with Gasteiger partial charge in [0.05, 0.1) is 12.1 Å². The summed E-state index contributed by atoms with van der Waals surface area (Å²) in [5.74, 6) is 2.41. The van der Waals surface area contributed by atoms with Crippen LogP contribution >= 0.6 is 11.6 Å². The predicted octanol–water partition coefficient (Wildman–Crippen LogP) is 3.65. The molecule has 0 bridgehead atoms. The van der Waals surface area contributed by atoms with Crippen LogP contribution in [0.1, 0.15) is 12.0 Å². The smallest absolute Gasteiger partial charge is 0.147 e. The van der Waals surface area contributed by atoms with E-state index in [1.165, 1.54) is 18.2 Å². The van der Waals surface area contributed by atoms with Gasteiger partial charge in [0.15, 0.2) is 0 Å². The van der Waals surface area contributed by atoms with Crippen molar-refractivity contribution in [2.45, 2.75) is 25.1 Å². The van der Waals surface area contributed by atoms with Gasteiger partial charge in [0, 0.05) is 24.7 Å². The molecule has 30 heavy (non-hydrogen) atoms. The van der Waals surface area contributed by atoms with Crippen LogP contribution in [-0.4, -0.2) is 52.8 Å². The molecule has 158 valence electrons. The van der Waals surface area contributed by atoms with Gasteiger partial charge in [-0.2, -0.15) is 0 Å². The van der Waals surface area contributed by atoms with E-state index in [0.717, 1.165) is 5.56 Å². The van der Waals surface area contributed by atoms with Crippen molar-refractivity contribution in [3.05, 3.63) is 83.3 Å². The molecular weight excluding hydrogens is 407 g/mol. The number of benzene rings is 2. The van der Waals surface area contributed by atoms with Gasteiger partial charge in [0.25, 0.3) is 0 Å². The van der Waals surface area contributed by atoms with Crippen molar-refractivity contribution in [2.75, 3.05) is 19.8 Å². The zero-order valence-corrected chi connectivity index (χ0v) is 17.3. The molecule has 0 aromatic heterocycles. The van der Waals surface area contributed by atoms with Crippen LogP contribution in [0.4, 0.5) is 4.39 Å². The van der Waals surface area contributed by atoms with Gasteiger partial charge in [-0.1, -0.05) is 29.8 Å². The van der Waals surface area contributed by atoms with E-state index in [1.807, 2.05) is 9.80 Å². The van der Waals surface area contributed by atoms with E-state index in [4.69, 9.17) is 16.3 Å². The maximum absolute atomic E-state index is 13.2. The number of hydrogen-bond donors (Lipinski definition) is 1. The quantitative estimate of drug-likeness (QED) is 0.511. The minimum atomic E-state index is -0.776. The maximum Gasteiger partial charge on any atom is 0.147 e. The van der Waals surface area contributed by atoms with E-state index < -0.39 is 12.1 Å². The summed E-state index contributed by atoms with van der Waals surface area (Å²) in [5.41, 5.74) is 1.32. The molecule has 1 N–H and O–H groups in total. The number of nitrogens with zero attached hydrogens (tertiary/aromatic N) is 2. The van der Waals surface area contributed by atoms with Gasteiger partial charge in [-0.3, -0.25) is 4.90 Å². The lowest BCUT2D eigenvalue weighted by atomic mass is 10.0. The van der Waals surface area contributed by atoms with Crippen molar-refractivity contribution in [3.63, 3.8) is 0 Å². The fraction of sp³-hybridized carbons (Fsp3) is 0.304. The Morgan fingerprint density at radius 2 is 1.93 bits per heavy atom. The summed E-state index contributed by atoms with van der Waals surface area (Å²) in [6.45, 7) is 5.52. The van der Waals surface area contributed by atoms with Gasteiger partial charge in [-0.25, -0.2) is 9.18 Å². The van der Waals surface area contributed by atoms with E-state index in [2.05, 4.69) is 12.5 Å². The summed E-state index contributed by atoms with van der Waals surface area (Å²) >= 11 is 5.91. The summed E-state index contributed by atoms with van der Waals surface area (Å²) in [7, 11) is 0. The van der Waals surface area contributed by atoms with Crippen LogP contribution in [0.3, 0.4) is 0 Å². The standard InChI is InChI=1S/C23H24ClFN2O3/c1-2-20(29)13-22-23(15-28)26(14-17-3-7-19(25)8-4-17)11-12-27(22)16-30-21-9-5-18(24)6-10-21/h2-10,20,22,29H,1,11-14,16H2. The van der Waals surface area contributed by atoms with Gasteiger partial charge in [-0.15, -0.1) is 6.58 Å². The molecule has 5 nitrogen and oxygen atoms in total. The third-order valence-corrected chi connectivity index (χ3v) is 5.34. The van der Waals surface area contributed by atoms with Gasteiger partial charge >= 0.3 is 0 Å². The second-order valence-corrected chi connectivity index (χ2v) is 7.57. The molecular formula is C23H24ClFN2O3. The summed E-state index contributed by atoms with van der Waals surface area (Å²) in [4.78, 5) is 15.8. The molecule has 1 fully saturated rings. The SMILES string of the molecule is C=CC(O)CC1C(=C=O)N(Cc2ccc(F)cc2)CCN1COc1ccc(Cl)cc1. The van der Waals surface area contributed by atoms with Crippen molar-refractivity contribution in [1.29, 1.82) is 0 Å². The molecule has 1 aliphatic heterocycles. The van der Waals surface area contributed by atoms with Gasteiger partial charge < -0.3 is 14.7 Å². The molecule has 3 rings (SSSR count). The van der Waals surface area contributed by atoms with Crippen LogP contribution in [0.25, 0.3) is 0 Å². The minimum absolute atomic E-state index is 0.242. The van der Waals surface area contributed by atoms with E-state index in [0.29, 0.717) is 36.1 Å². The fourth-order valence-corrected chi connectivity index (χ4v) is 3.57. The number of halogens is 2. The molecule has 7 heteroatoms. The zero-order valence-electron chi connectivity index (χ0n) is 16.5. The zero-order chi connectivity index (χ0) is 21.5. The lowest BCUT2D eigenvalue weighted by Crippen LogP contribution is -2.53. The van der Waals surface area contributed by atoms with E-state index in [9.17, 15) is 14.3 Å². The highest BCUT2D eigenvalue weighted by atomic mass is 35.5. The number of carbonyl (C=O) groups excluding carboxylic acids is 1. The van der Waals surface area contributed by atoms with Crippen LogP contribution in [-0.2, 0) is 11.3 Å². The Labute approximate surface area is 180 Å². The average Bonchev–Trinajstić information content (AvgIpc) is 2.76.